The van der Waals surface area contributed by atoms with Gasteiger partial charge in [0.1, 0.15) is 5.60 Å². The van der Waals surface area contributed by atoms with E-state index >= 15 is 0 Å². The zero-order chi connectivity index (χ0) is 28.7. The molecule has 0 bridgehead atoms. The van der Waals surface area contributed by atoms with Crippen molar-refractivity contribution in [2.75, 3.05) is 11.2 Å². The van der Waals surface area contributed by atoms with E-state index in [1.165, 1.54) is 29.3 Å². The molecule has 1 aliphatic heterocycles. The Hall–Kier alpha value is -4.00. The van der Waals surface area contributed by atoms with E-state index in [-0.39, 0.29) is 21.4 Å². The van der Waals surface area contributed by atoms with E-state index in [0.717, 1.165) is 6.26 Å². The van der Waals surface area contributed by atoms with Crippen molar-refractivity contribution in [1.82, 2.24) is 4.98 Å². The fourth-order valence-electron chi connectivity index (χ4n) is 4.19. The topological polar surface area (TPSA) is 117 Å². The normalized spacial score (nSPS) is 15.4. The summed E-state index contributed by atoms with van der Waals surface area (Å²) < 4.78 is 29.2. The third-order valence-electron chi connectivity index (χ3n) is 6.03. The molecule has 10 heteroatoms. The molecule has 0 aliphatic carbocycles. The summed E-state index contributed by atoms with van der Waals surface area (Å²) in [5.41, 5.74) is 2.67. The number of ether oxygens (including phenoxy) is 1. The Balaban J connectivity index is 1.74. The van der Waals surface area contributed by atoms with Crippen LogP contribution in [-0.4, -0.2) is 37.1 Å². The molecule has 0 spiro atoms. The predicted molar refractivity (Wildman–Crippen MR) is 149 cm³/mol. The summed E-state index contributed by atoms with van der Waals surface area (Å²) in [6, 6.07) is 13.2. The number of aromatic nitrogens is 1. The maximum Gasteiger partial charge on any atom is 0.340 e. The first kappa shape index (κ1) is 28.0. The third-order valence-corrected chi connectivity index (χ3v) is 7.46. The maximum absolute atomic E-state index is 13.7. The van der Waals surface area contributed by atoms with Crippen LogP contribution in [0, 0.1) is 18.3 Å². The SMILES string of the molecule is Cc1cc2c(cc1C#N)C(/C=C\c1cc(C(=O)OC(C)(C)C)c(Cl)cn1)C(=O)N2c1ccc(S(C)(=O)=O)cc1. The van der Waals surface area contributed by atoms with Gasteiger partial charge in [0.2, 0.25) is 5.91 Å². The number of benzene rings is 2. The smallest absolute Gasteiger partial charge is 0.340 e. The summed E-state index contributed by atoms with van der Waals surface area (Å²) in [7, 11) is -3.41. The van der Waals surface area contributed by atoms with E-state index in [9.17, 15) is 23.3 Å². The number of rotatable bonds is 5. The van der Waals surface area contributed by atoms with E-state index in [1.807, 2.05) is 0 Å². The second-order valence-corrected chi connectivity index (χ2v) is 12.6. The molecule has 0 fully saturated rings. The van der Waals surface area contributed by atoms with Gasteiger partial charge in [0, 0.05) is 18.1 Å². The van der Waals surface area contributed by atoms with Crippen molar-refractivity contribution in [1.29, 1.82) is 5.26 Å². The molecule has 1 amide bonds. The summed E-state index contributed by atoms with van der Waals surface area (Å²) in [5.74, 6) is -1.64. The largest absolute Gasteiger partial charge is 0.456 e. The van der Waals surface area contributed by atoms with Crippen LogP contribution in [-0.2, 0) is 19.4 Å². The van der Waals surface area contributed by atoms with Gasteiger partial charge in [-0.15, -0.1) is 0 Å². The molecule has 2 heterocycles. The molecule has 0 saturated heterocycles. The Morgan fingerprint density at radius 3 is 2.44 bits per heavy atom. The fraction of sp³-hybridized carbons (Fsp3) is 0.241. The molecule has 2 aromatic carbocycles. The quantitative estimate of drug-likeness (QED) is 0.363. The van der Waals surface area contributed by atoms with Crippen molar-refractivity contribution in [2.45, 2.75) is 44.1 Å². The first-order valence-electron chi connectivity index (χ1n) is 12.0. The Morgan fingerprint density at radius 1 is 1.18 bits per heavy atom. The molecule has 0 radical (unpaired) electrons. The Labute approximate surface area is 232 Å². The first-order valence-corrected chi connectivity index (χ1v) is 14.2. The second kappa shape index (κ2) is 10.3. The summed E-state index contributed by atoms with van der Waals surface area (Å²) >= 11 is 6.20. The lowest BCUT2D eigenvalue weighted by molar-refractivity contribution is -0.117. The van der Waals surface area contributed by atoms with Gasteiger partial charge in [-0.1, -0.05) is 17.7 Å². The number of hydrogen-bond acceptors (Lipinski definition) is 7. The Bertz CT molecular complexity index is 1670. The number of fused-ring (bicyclic) bond motifs is 1. The molecule has 39 heavy (non-hydrogen) atoms. The zero-order valence-electron chi connectivity index (χ0n) is 22.0. The van der Waals surface area contributed by atoms with Gasteiger partial charge in [0.05, 0.1) is 44.4 Å². The van der Waals surface area contributed by atoms with Crippen molar-refractivity contribution in [2.24, 2.45) is 0 Å². The van der Waals surface area contributed by atoms with Crippen LogP contribution in [0.4, 0.5) is 11.4 Å². The number of hydrogen-bond donors (Lipinski definition) is 0. The van der Waals surface area contributed by atoms with Gasteiger partial charge in [0.25, 0.3) is 0 Å². The van der Waals surface area contributed by atoms with Crippen molar-refractivity contribution >= 4 is 50.8 Å². The lowest BCUT2D eigenvalue weighted by Gasteiger charge is -2.19. The lowest BCUT2D eigenvalue weighted by Crippen LogP contribution is -2.24. The lowest BCUT2D eigenvalue weighted by atomic mass is 9.96. The van der Waals surface area contributed by atoms with Crippen molar-refractivity contribution in [3.8, 4) is 6.07 Å². The van der Waals surface area contributed by atoms with Gasteiger partial charge < -0.3 is 4.74 Å². The number of nitriles is 1. The molecule has 1 atom stereocenters. The number of carbonyl (C=O) groups is 2. The molecule has 1 unspecified atom stereocenters. The van der Waals surface area contributed by atoms with Crippen molar-refractivity contribution in [3.63, 3.8) is 0 Å². The molecular weight excluding hydrogens is 538 g/mol. The molecular formula is C29H26ClN3O5S. The number of pyridine rings is 1. The minimum atomic E-state index is -3.41. The van der Waals surface area contributed by atoms with Crippen LogP contribution < -0.4 is 4.90 Å². The third kappa shape index (κ3) is 5.87. The van der Waals surface area contributed by atoms with Crippen LogP contribution in [0.2, 0.25) is 5.02 Å². The van der Waals surface area contributed by atoms with E-state index in [0.29, 0.717) is 33.8 Å². The van der Waals surface area contributed by atoms with Crippen LogP contribution in [0.3, 0.4) is 0 Å². The summed E-state index contributed by atoms with van der Waals surface area (Å²) in [5, 5.41) is 9.74. The highest BCUT2D eigenvalue weighted by Gasteiger charge is 2.37. The standard InChI is InChI=1S/C29H26ClN3O5S/c1-17-12-26-23(13-18(17)15-31)22(27(34)33(26)20-7-9-21(10-8-20)39(5,36)37)11-6-19-14-24(25(30)16-32-19)28(35)38-29(2,3)4/h6-14,16,22H,1-5H3/b11-6-. The number of sulfone groups is 1. The molecule has 8 nitrogen and oxygen atoms in total. The van der Waals surface area contributed by atoms with Gasteiger partial charge in [0.15, 0.2) is 9.84 Å². The first-order chi connectivity index (χ1) is 18.2. The van der Waals surface area contributed by atoms with E-state index in [2.05, 4.69) is 11.1 Å². The van der Waals surface area contributed by atoms with Gasteiger partial charge in [-0.3, -0.25) is 14.7 Å². The average molecular weight is 564 g/mol. The zero-order valence-corrected chi connectivity index (χ0v) is 23.6. The molecule has 0 N–H and O–H groups in total. The molecule has 4 rings (SSSR count). The Kier molecular flexibility index (Phi) is 7.39. The number of halogens is 1. The molecule has 3 aromatic rings. The number of carbonyl (C=O) groups excluding carboxylic acids is 2. The summed E-state index contributed by atoms with van der Waals surface area (Å²) in [6.45, 7) is 7.04. The number of nitrogens with zero attached hydrogens (tertiary/aromatic N) is 3. The average Bonchev–Trinajstić information content (AvgIpc) is 3.11. The highest BCUT2D eigenvalue weighted by molar-refractivity contribution is 7.90. The van der Waals surface area contributed by atoms with Gasteiger partial charge in [-0.05, 0) is 87.4 Å². The second-order valence-electron chi connectivity index (χ2n) is 10.2. The van der Waals surface area contributed by atoms with Crippen LogP contribution in [0.25, 0.3) is 6.08 Å². The molecule has 200 valence electrons. The van der Waals surface area contributed by atoms with Crippen molar-refractivity contribution in [3.05, 3.63) is 87.7 Å². The van der Waals surface area contributed by atoms with Crippen LogP contribution in [0.15, 0.2) is 59.6 Å². The minimum absolute atomic E-state index is 0.139. The number of anilines is 2. The highest BCUT2D eigenvalue weighted by atomic mass is 35.5. The van der Waals surface area contributed by atoms with Gasteiger partial charge >= 0.3 is 5.97 Å². The minimum Gasteiger partial charge on any atom is -0.456 e. The van der Waals surface area contributed by atoms with Gasteiger partial charge in [-0.25, -0.2) is 13.2 Å². The molecule has 1 aromatic heterocycles. The van der Waals surface area contributed by atoms with Crippen LogP contribution in [0.5, 0.6) is 0 Å². The predicted octanol–water partition coefficient (Wildman–Crippen LogP) is 5.75. The number of aryl methyl sites for hydroxylation is 1. The number of esters is 1. The van der Waals surface area contributed by atoms with Crippen LogP contribution >= 0.6 is 11.6 Å². The Morgan fingerprint density at radius 2 is 1.85 bits per heavy atom. The summed E-state index contributed by atoms with van der Waals surface area (Å²) in [4.78, 5) is 32.2. The molecule has 1 aliphatic rings. The maximum atomic E-state index is 13.7. The van der Waals surface area contributed by atoms with Crippen LogP contribution in [0.1, 0.15) is 59.4 Å². The van der Waals surface area contributed by atoms with Gasteiger partial charge in [-0.2, -0.15) is 5.26 Å². The highest BCUT2D eigenvalue weighted by Crippen LogP contribution is 2.44. The summed E-state index contributed by atoms with van der Waals surface area (Å²) in [6.07, 6.45) is 5.72. The van der Waals surface area contributed by atoms with E-state index in [4.69, 9.17) is 16.3 Å². The number of amides is 1. The van der Waals surface area contributed by atoms with E-state index < -0.39 is 27.3 Å². The van der Waals surface area contributed by atoms with Crippen molar-refractivity contribution < 1.29 is 22.7 Å². The monoisotopic (exact) mass is 563 g/mol. The fourth-order valence-corrected chi connectivity index (χ4v) is 5.00. The van der Waals surface area contributed by atoms with E-state index in [1.54, 1.807) is 64.1 Å². The molecule has 0 saturated carbocycles.